The molecule has 5 heteroatoms. The van der Waals surface area contributed by atoms with Gasteiger partial charge in [0.05, 0.1) is 5.92 Å². The van der Waals surface area contributed by atoms with Gasteiger partial charge >= 0.3 is 0 Å². The van der Waals surface area contributed by atoms with Crippen LogP contribution in [0, 0.1) is 5.92 Å². The molecule has 4 rings (SSSR count). The third-order valence-electron chi connectivity index (χ3n) is 6.06. The van der Waals surface area contributed by atoms with Gasteiger partial charge in [-0.3, -0.25) is 9.69 Å². The number of aliphatic hydroxyl groups excluding tert-OH is 1. The van der Waals surface area contributed by atoms with E-state index in [-0.39, 0.29) is 30.5 Å². The molecule has 1 amide bonds. The Morgan fingerprint density at radius 1 is 1.44 bits per heavy atom. The van der Waals surface area contributed by atoms with Crippen molar-refractivity contribution in [2.75, 3.05) is 19.7 Å². The van der Waals surface area contributed by atoms with E-state index in [1.807, 2.05) is 6.92 Å². The first-order valence-electron chi connectivity index (χ1n) is 10.1. The van der Waals surface area contributed by atoms with Crippen LogP contribution < -0.4 is 5.32 Å². The lowest BCUT2D eigenvalue weighted by molar-refractivity contribution is -0.125. The molecule has 0 fully saturated rings. The van der Waals surface area contributed by atoms with Gasteiger partial charge in [0, 0.05) is 48.9 Å². The molecular formula is C22H29N3O2. The van der Waals surface area contributed by atoms with Gasteiger partial charge in [0.1, 0.15) is 0 Å². The highest BCUT2D eigenvalue weighted by molar-refractivity contribution is 5.99. The first kappa shape index (κ1) is 18.3. The number of amides is 1. The number of rotatable bonds is 6. The van der Waals surface area contributed by atoms with Gasteiger partial charge in [0.2, 0.25) is 5.91 Å². The second kappa shape index (κ2) is 7.49. The predicted molar refractivity (Wildman–Crippen MR) is 108 cm³/mol. The van der Waals surface area contributed by atoms with Crippen molar-refractivity contribution < 1.29 is 9.90 Å². The average Bonchev–Trinajstić information content (AvgIpc) is 3.10. The van der Waals surface area contributed by atoms with Crippen LogP contribution in [0.1, 0.15) is 37.8 Å². The quantitative estimate of drug-likeness (QED) is 0.735. The van der Waals surface area contributed by atoms with E-state index < -0.39 is 0 Å². The van der Waals surface area contributed by atoms with E-state index >= 15 is 0 Å². The minimum absolute atomic E-state index is 0.108. The molecule has 1 unspecified atom stereocenters. The topological polar surface area (TPSA) is 68.4 Å². The summed E-state index contributed by atoms with van der Waals surface area (Å²) in [7, 11) is 0. The standard InChI is InChI=1S/C22H29N3O2/c1-3-14(2)24-22(27)16-10-18-17-6-4-7-19-21(17)15(12-23-19)11-20(18)25(13-16)8-5-9-26/h4,6-7,10,12,14,16,20,23,26H,3,5,8-9,11,13H2,1-2H3,(H,24,27)/t14-,16-,20?/m1/s1. The van der Waals surface area contributed by atoms with Crippen molar-refractivity contribution in [3.63, 3.8) is 0 Å². The van der Waals surface area contributed by atoms with Crippen molar-refractivity contribution in [1.29, 1.82) is 0 Å². The molecule has 2 aromatic rings. The zero-order valence-corrected chi connectivity index (χ0v) is 16.2. The zero-order valence-electron chi connectivity index (χ0n) is 16.2. The minimum atomic E-state index is -0.153. The van der Waals surface area contributed by atoms with Crippen molar-refractivity contribution in [3.05, 3.63) is 41.6 Å². The van der Waals surface area contributed by atoms with Crippen LogP contribution in [-0.2, 0) is 11.2 Å². The number of fused-ring (bicyclic) bond motifs is 2. The summed E-state index contributed by atoms with van der Waals surface area (Å²) < 4.78 is 0. The highest BCUT2D eigenvalue weighted by atomic mass is 16.3. The summed E-state index contributed by atoms with van der Waals surface area (Å²) in [6, 6.07) is 6.84. The van der Waals surface area contributed by atoms with Gasteiger partial charge in [-0.1, -0.05) is 25.1 Å². The number of aromatic amines is 1. The molecule has 0 radical (unpaired) electrons. The highest BCUT2D eigenvalue weighted by Crippen LogP contribution is 2.41. The fraction of sp³-hybridized carbons (Fsp3) is 0.500. The number of hydrogen-bond donors (Lipinski definition) is 3. The summed E-state index contributed by atoms with van der Waals surface area (Å²) in [5, 5.41) is 13.8. The van der Waals surface area contributed by atoms with Crippen LogP contribution in [0.4, 0.5) is 0 Å². The van der Waals surface area contributed by atoms with Crippen LogP contribution in [0.15, 0.2) is 30.5 Å². The Balaban J connectivity index is 1.73. The minimum Gasteiger partial charge on any atom is -0.396 e. The van der Waals surface area contributed by atoms with Crippen molar-refractivity contribution >= 4 is 22.4 Å². The van der Waals surface area contributed by atoms with E-state index in [0.717, 1.165) is 31.3 Å². The van der Waals surface area contributed by atoms with E-state index in [9.17, 15) is 9.90 Å². The Hall–Kier alpha value is -2.11. The lowest BCUT2D eigenvalue weighted by Crippen LogP contribution is -2.49. The Kier molecular flexibility index (Phi) is 5.06. The number of carbonyl (C=O) groups excluding carboxylic acids is 1. The third kappa shape index (κ3) is 3.30. The van der Waals surface area contributed by atoms with E-state index in [2.05, 4.69) is 52.6 Å². The SMILES string of the molecule is CC[C@@H](C)NC(=O)[C@@H]1C=C2c3cccc4[nH]cc(c34)CC2N(CCCO)C1. The Labute approximate surface area is 160 Å². The second-order valence-corrected chi connectivity index (χ2v) is 7.88. The van der Waals surface area contributed by atoms with Gasteiger partial charge in [0.25, 0.3) is 0 Å². The maximum Gasteiger partial charge on any atom is 0.228 e. The molecule has 144 valence electrons. The fourth-order valence-corrected chi connectivity index (χ4v) is 4.46. The average molecular weight is 367 g/mol. The van der Waals surface area contributed by atoms with Crippen molar-refractivity contribution in [1.82, 2.24) is 15.2 Å². The van der Waals surface area contributed by atoms with Gasteiger partial charge in [0.15, 0.2) is 0 Å². The molecular weight excluding hydrogens is 338 g/mol. The normalized spacial score (nSPS) is 23.0. The van der Waals surface area contributed by atoms with Crippen LogP contribution in [0.3, 0.4) is 0 Å². The summed E-state index contributed by atoms with van der Waals surface area (Å²) in [6.45, 7) is 5.83. The molecule has 1 aliphatic carbocycles. The van der Waals surface area contributed by atoms with E-state index in [0.29, 0.717) is 6.54 Å². The molecule has 3 N–H and O–H groups in total. The number of hydrogen-bond acceptors (Lipinski definition) is 3. The van der Waals surface area contributed by atoms with Crippen LogP contribution >= 0.6 is 0 Å². The lowest BCUT2D eigenvalue weighted by atomic mass is 9.79. The largest absolute Gasteiger partial charge is 0.396 e. The number of H-pyrrole nitrogens is 1. The fourth-order valence-electron chi connectivity index (χ4n) is 4.46. The van der Waals surface area contributed by atoms with Crippen LogP contribution in [0.25, 0.3) is 16.5 Å². The van der Waals surface area contributed by atoms with Crippen molar-refractivity contribution in [3.8, 4) is 0 Å². The lowest BCUT2D eigenvalue weighted by Gasteiger charge is -2.41. The van der Waals surface area contributed by atoms with E-state index in [1.165, 1.54) is 22.1 Å². The summed E-state index contributed by atoms with van der Waals surface area (Å²) in [6.07, 6.45) is 6.93. The summed E-state index contributed by atoms with van der Waals surface area (Å²) in [5.74, 6) is -0.0453. The molecule has 1 aromatic heterocycles. The number of aliphatic hydroxyl groups is 1. The van der Waals surface area contributed by atoms with Gasteiger partial charge in [-0.2, -0.15) is 0 Å². The monoisotopic (exact) mass is 367 g/mol. The molecule has 1 aliphatic heterocycles. The molecule has 5 nitrogen and oxygen atoms in total. The molecule has 1 aromatic carbocycles. The van der Waals surface area contributed by atoms with E-state index in [4.69, 9.17) is 0 Å². The molecule has 0 saturated heterocycles. The zero-order chi connectivity index (χ0) is 19.0. The summed E-state index contributed by atoms with van der Waals surface area (Å²) in [4.78, 5) is 18.6. The molecule has 0 bridgehead atoms. The Morgan fingerprint density at radius 2 is 2.30 bits per heavy atom. The maximum absolute atomic E-state index is 12.9. The summed E-state index contributed by atoms with van der Waals surface area (Å²) in [5.41, 5.74) is 5.02. The Morgan fingerprint density at radius 3 is 3.07 bits per heavy atom. The third-order valence-corrected chi connectivity index (χ3v) is 6.06. The smallest absolute Gasteiger partial charge is 0.228 e. The predicted octanol–water partition coefficient (Wildman–Crippen LogP) is 2.70. The molecule has 2 heterocycles. The number of aromatic nitrogens is 1. The molecule has 0 saturated carbocycles. The summed E-state index contributed by atoms with van der Waals surface area (Å²) >= 11 is 0. The number of nitrogens with zero attached hydrogens (tertiary/aromatic N) is 1. The van der Waals surface area contributed by atoms with E-state index in [1.54, 1.807) is 0 Å². The first-order chi connectivity index (χ1) is 13.1. The van der Waals surface area contributed by atoms with Crippen molar-refractivity contribution in [2.24, 2.45) is 5.92 Å². The number of nitrogens with one attached hydrogen (secondary N) is 2. The molecule has 2 aliphatic rings. The van der Waals surface area contributed by atoms with Gasteiger partial charge in [-0.05, 0) is 49.0 Å². The van der Waals surface area contributed by atoms with Crippen LogP contribution in [-0.4, -0.2) is 52.7 Å². The highest BCUT2D eigenvalue weighted by Gasteiger charge is 2.37. The first-order valence-corrected chi connectivity index (χ1v) is 10.1. The maximum atomic E-state index is 12.9. The molecule has 27 heavy (non-hydrogen) atoms. The van der Waals surface area contributed by atoms with Gasteiger partial charge in [-0.25, -0.2) is 0 Å². The number of benzene rings is 1. The Bertz CT molecular complexity index is 870. The van der Waals surface area contributed by atoms with Gasteiger partial charge in [-0.15, -0.1) is 0 Å². The molecule has 0 spiro atoms. The van der Waals surface area contributed by atoms with Crippen molar-refractivity contribution in [2.45, 2.75) is 45.2 Å². The second-order valence-electron chi connectivity index (χ2n) is 7.88. The molecule has 3 atom stereocenters. The van der Waals surface area contributed by atoms with Crippen LogP contribution in [0.5, 0.6) is 0 Å². The number of carbonyl (C=O) groups is 1. The van der Waals surface area contributed by atoms with Crippen LogP contribution in [0.2, 0.25) is 0 Å². The van der Waals surface area contributed by atoms with Gasteiger partial charge < -0.3 is 15.4 Å².